The van der Waals surface area contributed by atoms with Crippen molar-refractivity contribution in [2.24, 2.45) is 0 Å². The first-order chi connectivity index (χ1) is 12.1. The highest BCUT2D eigenvalue weighted by Crippen LogP contribution is 2.32. The third kappa shape index (κ3) is 2.91. The van der Waals surface area contributed by atoms with Gasteiger partial charge in [-0.1, -0.05) is 11.2 Å². The average molecular weight is 334 g/mol. The van der Waals surface area contributed by atoms with Crippen LogP contribution in [0, 0.1) is 13.8 Å². The summed E-state index contributed by atoms with van der Waals surface area (Å²) in [5, 5.41) is 4.04. The minimum Gasteiger partial charge on any atom is -0.339 e. The first kappa shape index (κ1) is 15.5. The summed E-state index contributed by atoms with van der Waals surface area (Å²) >= 11 is 0. The van der Waals surface area contributed by atoms with Gasteiger partial charge in [0.25, 0.3) is 0 Å². The van der Waals surface area contributed by atoms with Crippen molar-refractivity contribution in [2.45, 2.75) is 26.2 Å². The van der Waals surface area contributed by atoms with Crippen molar-refractivity contribution in [2.75, 3.05) is 11.4 Å². The van der Waals surface area contributed by atoms with Gasteiger partial charge in [-0.2, -0.15) is 4.98 Å². The number of aryl methyl sites for hydroxylation is 2. The molecule has 0 aliphatic carbocycles. The highest BCUT2D eigenvalue weighted by molar-refractivity contribution is 5.96. The number of anilines is 1. The predicted molar refractivity (Wildman–Crippen MR) is 93.2 cm³/mol. The summed E-state index contributed by atoms with van der Waals surface area (Å²) in [5.41, 5.74) is 4.15. The van der Waals surface area contributed by atoms with Gasteiger partial charge in [0, 0.05) is 36.6 Å². The fourth-order valence-corrected chi connectivity index (χ4v) is 3.04. The first-order valence-corrected chi connectivity index (χ1v) is 8.23. The van der Waals surface area contributed by atoms with Crippen molar-refractivity contribution in [1.29, 1.82) is 0 Å². The molecule has 1 aliphatic heterocycles. The molecule has 0 radical (unpaired) electrons. The maximum Gasteiger partial charge on any atom is 0.232 e. The molecule has 0 bridgehead atoms. The maximum atomic E-state index is 12.5. The Hall–Kier alpha value is -3.02. The Morgan fingerprint density at radius 1 is 1.12 bits per heavy atom. The molecule has 25 heavy (non-hydrogen) atoms. The Morgan fingerprint density at radius 3 is 2.68 bits per heavy atom. The number of hydrogen-bond donors (Lipinski definition) is 0. The van der Waals surface area contributed by atoms with Crippen LogP contribution in [0.1, 0.15) is 29.4 Å². The van der Waals surface area contributed by atoms with Crippen LogP contribution in [0.5, 0.6) is 0 Å². The number of hydrogen-bond acceptors (Lipinski definition) is 5. The van der Waals surface area contributed by atoms with E-state index < -0.39 is 0 Å². The molecule has 6 heteroatoms. The third-order valence-corrected chi connectivity index (χ3v) is 4.66. The number of rotatable bonds is 3. The fourth-order valence-electron chi connectivity index (χ4n) is 3.04. The van der Waals surface area contributed by atoms with Gasteiger partial charge in [-0.25, -0.2) is 0 Å². The van der Waals surface area contributed by atoms with Gasteiger partial charge in [0.05, 0.1) is 5.92 Å². The maximum absolute atomic E-state index is 12.5. The second-order valence-electron chi connectivity index (χ2n) is 6.37. The van der Waals surface area contributed by atoms with Crippen molar-refractivity contribution in [3.05, 3.63) is 59.7 Å². The largest absolute Gasteiger partial charge is 0.339 e. The van der Waals surface area contributed by atoms with Gasteiger partial charge in [-0.3, -0.25) is 9.78 Å². The summed E-state index contributed by atoms with van der Waals surface area (Å²) in [5.74, 6) is 1.02. The number of carbonyl (C=O) groups is 1. The molecule has 126 valence electrons. The predicted octanol–water partition coefficient (Wildman–Crippen LogP) is 3.27. The highest BCUT2D eigenvalue weighted by atomic mass is 16.5. The van der Waals surface area contributed by atoms with E-state index in [2.05, 4.69) is 29.0 Å². The monoisotopic (exact) mass is 334 g/mol. The lowest BCUT2D eigenvalue weighted by molar-refractivity contribution is -0.117. The van der Waals surface area contributed by atoms with E-state index in [-0.39, 0.29) is 11.8 Å². The normalized spacial score (nSPS) is 17.3. The van der Waals surface area contributed by atoms with Crippen LogP contribution in [0.3, 0.4) is 0 Å². The lowest BCUT2D eigenvalue weighted by Crippen LogP contribution is -2.24. The molecule has 0 N–H and O–H groups in total. The molecule has 4 rings (SSSR count). The average Bonchev–Trinajstić information content (AvgIpc) is 3.25. The molecule has 1 aromatic carbocycles. The Labute approximate surface area is 145 Å². The zero-order valence-corrected chi connectivity index (χ0v) is 14.1. The standard InChI is InChI=1S/C19H18N4O2/c1-12-3-4-16(9-13(12)2)23-11-15(10-17(23)24)19-21-18(22-25-19)14-5-7-20-8-6-14/h3-9,15H,10-11H2,1-2H3/t15-/m0/s1. The second-order valence-corrected chi connectivity index (χ2v) is 6.37. The van der Waals surface area contributed by atoms with Crippen LogP contribution in [0.4, 0.5) is 5.69 Å². The molecule has 1 atom stereocenters. The van der Waals surface area contributed by atoms with Crippen molar-refractivity contribution < 1.29 is 9.32 Å². The Kier molecular flexibility index (Phi) is 3.80. The smallest absolute Gasteiger partial charge is 0.232 e. The number of amides is 1. The Bertz CT molecular complexity index is 920. The van der Waals surface area contributed by atoms with Crippen LogP contribution < -0.4 is 4.90 Å². The molecule has 0 unspecified atom stereocenters. The Morgan fingerprint density at radius 2 is 1.92 bits per heavy atom. The molecule has 3 heterocycles. The van der Waals surface area contributed by atoms with Crippen molar-refractivity contribution in [1.82, 2.24) is 15.1 Å². The van der Waals surface area contributed by atoms with E-state index in [4.69, 9.17) is 4.52 Å². The fraction of sp³-hybridized carbons (Fsp3) is 0.263. The number of carbonyl (C=O) groups excluding carboxylic acids is 1. The molecule has 1 saturated heterocycles. The van der Waals surface area contributed by atoms with Crippen molar-refractivity contribution in [3.8, 4) is 11.4 Å². The summed E-state index contributed by atoms with van der Waals surface area (Å²) < 4.78 is 5.42. The van der Waals surface area contributed by atoms with Crippen LogP contribution in [0.25, 0.3) is 11.4 Å². The molecule has 2 aromatic heterocycles. The SMILES string of the molecule is Cc1ccc(N2C[C@@H](c3nc(-c4ccncc4)no3)CC2=O)cc1C. The van der Waals surface area contributed by atoms with Crippen LogP contribution in [0.2, 0.25) is 0 Å². The van der Waals surface area contributed by atoms with E-state index in [1.807, 2.05) is 30.3 Å². The minimum atomic E-state index is -0.0859. The summed E-state index contributed by atoms with van der Waals surface area (Å²) in [7, 11) is 0. The van der Waals surface area contributed by atoms with Crippen molar-refractivity contribution in [3.63, 3.8) is 0 Å². The molecule has 0 spiro atoms. The lowest BCUT2D eigenvalue weighted by atomic mass is 10.1. The first-order valence-electron chi connectivity index (χ1n) is 8.23. The zero-order valence-electron chi connectivity index (χ0n) is 14.1. The lowest BCUT2D eigenvalue weighted by Gasteiger charge is -2.17. The van der Waals surface area contributed by atoms with Gasteiger partial charge < -0.3 is 9.42 Å². The molecule has 1 fully saturated rings. The van der Waals surface area contributed by atoms with Crippen LogP contribution in [-0.4, -0.2) is 27.6 Å². The topological polar surface area (TPSA) is 72.1 Å². The van der Waals surface area contributed by atoms with Gasteiger partial charge in [0.15, 0.2) is 0 Å². The molecular formula is C19H18N4O2. The Balaban J connectivity index is 1.56. The molecule has 1 amide bonds. The number of aromatic nitrogens is 3. The van der Waals surface area contributed by atoms with Gasteiger partial charge in [-0.05, 0) is 49.2 Å². The second kappa shape index (κ2) is 6.12. The van der Waals surface area contributed by atoms with E-state index in [0.717, 1.165) is 11.3 Å². The summed E-state index contributed by atoms with van der Waals surface area (Å²) in [6.07, 6.45) is 3.75. The number of benzene rings is 1. The molecular weight excluding hydrogens is 316 g/mol. The number of nitrogens with zero attached hydrogens (tertiary/aromatic N) is 4. The molecule has 6 nitrogen and oxygen atoms in total. The minimum absolute atomic E-state index is 0.0805. The van der Waals surface area contributed by atoms with Crippen LogP contribution in [-0.2, 0) is 4.79 Å². The van der Waals surface area contributed by atoms with E-state index in [0.29, 0.717) is 24.7 Å². The molecule has 1 aliphatic rings. The summed E-state index contributed by atoms with van der Waals surface area (Å²) in [6, 6.07) is 9.73. The van der Waals surface area contributed by atoms with E-state index in [1.165, 1.54) is 11.1 Å². The van der Waals surface area contributed by atoms with Gasteiger partial charge in [0.2, 0.25) is 17.6 Å². The van der Waals surface area contributed by atoms with Gasteiger partial charge in [-0.15, -0.1) is 0 Å². The zero-order chi connectivity index (χ0) is 17.4. The third-order valence-electron chi connectivity index (χ3n) is 4.66. The van der Waals surface area contributed by atoms with Gasteiger partial charge >= 0.3 is 0 Å². The highest BCUT2D eigenvalue weighted by Gasteiger charge is 2.35. The van der Waals surface area contributed by atoms with Crippen LogP contribution in [0.15, 0.2) is 47.2 Å². The summed E-state index contributed by atoms with van der Waals surface area (Å²) in [6.45, 7) is 4.67. The summed E-state index contributed by atoms with van der Waals surface area (Å²) in [4.78, 5) is 22.7. The van der Waals surface area contributed by atoms with E-state index >= 15 is 0 Å². The van der Waals surface area contributed by atoms with Gasteiger partial charge in [0.1, 0.15) is 0 Å². The quantitative estimate of drug-likeness (QED) is 0.735. The van der Waals surface area contributed by atoms with Crippen LogP contribution >= 0.6 is 0 Å². The van der Waals surface area contributed by atoms with Crippen molar-refractivity contribution >= 4 is 11.6 Å². The molecule has 0 saturated carbocycles. The molecule has 3 aromatic rings. The number of pyridine rings is 1. The van der Waals surface area contributed by atoms with E-state index in [9.17, 15) is 4.79 Å². The van der Waals surface area contributed by atoms with E-state index in [1.54, 1.807) is 17.3 Å².